The molecule has 1 atom stereocenters. The minimum atomic E-state index is -0.323. The molecule has 0 saturated carbocycles. The van der Waals surface area contributed by atoms with Crippen LogP contribution in [-0.2, 0) is 6.54 Å². The summed E-state index contributed by atoms with van der Waals surface area (Å²) < 4.78 is 0. The highest BCUT2D eigenvalue weighted by molar-refractivity contribution is 6.30. The zero-order chi connectivity index (χ0) is 29.3. The van der Waals surface area contributed by atoms with Crippen LogP contribution in [0.15, 0.2) is 83.9 Å². The maximum Gasteiger partial charge on any atom is 0.270 e. The van der Waals surface area contributed by atoms with Gasteiger partial charge in [-0.1, -0.05) is 59.2 Å². The number of aromatic amines is 1. The fraction of sp³-hybridized carbons (Fsp3) is 0.258. The quantitative estimate of drug-likeness (QED) is 0.147. The third-order valence-corrected chi connectivity index (χ3v) is 7.43. The van der Waals surface area contributed by atoms with Crippen LogP contribution in [0.4, 0.5) is 11.6 Å². The fourth-order valence-electron chi connectivity index (χ4n) is 4.90. The molecular formula is C31H34ClN9O. The van der Waals surface area contributed by atoms with Gasteiger partial charge in [0.05, 0.1) is 19.3 Å². The first-order chi connectivity index (χ1) is 20.5. The molecule has 10 nitrogen and oxygen atoms in total. The summed E-state index contributed by atoms with van der Waals surface area (Å²) in [5.74, 6) is 0.436. The topological polar surface area (TPSA) is 137 Å². The average Bonchev–Trinajstić information content (AvgIpc) is 3.54. The number of benzene rings is 3. The Morgan fingerprint density at radius 3 is 2.48 bits per heavy atom. The lowest BCUT2D eigenvalue weighted by atomic mass is 9.93. The number of halogens is 1. The van der Waals surface area contributed by atoms with Crippen LogP contribution < -0.4 is 21.3 Å². The molecule has 0 aliphatic heterocycles. The smallest absolute Gasteiger partial charge is 0.270 e. The van der Waals surface area contributed by atoms with Crippen molar-refractivity contribution >= 4 is 40.7 Å². The van der Waals surface area contributed by atoms with Gasteiger partial charge < -0.3 is 16.0 Å². The van der Waals surface area contributed by atoms with E-state index in [1.54, 1.807) is 12.1 Å². The number of nitrogens with two attached hydrogens (primary N) is 1. The van der Waals surface area contributed by atoms with Gasteiger partial charge in [0.25, 0.3) is 11.9 Å². The molecule has 0 saturated heterocycles. The normalized spacial score (nSPS) is 14.2. The van der Waals surface area contributed by atoms with Crippen LogP contribution in [0.5, 0.6) is 0 Å². The number of guanidine groups is 1. The molecule has 216 valence electrons. The lowest BCUT2D eigenvalue weighted by Gasteiger charge is -2.30. The molecule has 0 fully saturated rings. The number of amides is 1. The fourth-order valence-corrected chi connectivity index (χ4v) is 5.03. The summed E-state index contributed by atoms with van der Waals surface area (Å²) in [6.07, 6.45) is 7.07. The summed E-state index contributed by atoms with van der Waals surface area (Å²) in [4.78, 5) is 19.4. The van der Waals surface area contributed by atoms with Gasteiger partial charge in [-0.2, -0.15) is 5.21 Å². The Kier molecular flexibility index (Phi) is 9.58. The largest absolute Gasteiger partial charge is 0.349 e. The number of nitrogens with zero attached hydrogens (tertiary/aromatic N) is 5. The molecule has 3 aromatic carbocycles. The van der Waals surface area contributed by atoms with Crippen molar-refractivity contribution in [3.05, 3.63) is 106 Å². The third kappa shape index (κ3) is 7.39. The molecule has 1 amide bonds. The summed E-state index contributed by atoms with van der Waals surface area (Å²) in [6, 6.07) is 23.7. The molecule has 1 unspecified atom stereocenters. The standard InChI is InChI=1S/C31H34ClN9O/c1-21(23-11-15-27(32)16-12-23)35-31(34-20-33)41(28-17-13-25(14-18-28)24-5-3-2-4-6-24)19-22-7-9-26(10-8-22)29(42)36-30-37-39-40-38-30/h5,7-18,21H,2-4,6,19-20,33H2,1H3,(H,34,35)(H2,36,37,38,39,40,42). The Morgan fingerprint density at radius 2 is 1.83 bits per heavy atom. The molecule has 42 heavy (non-hydrogen) atoms. The van der Waals surface area contributed by atoms with Gasteiger partial charge in [-0.05, 0) is 96.5 Å². The van der Waals surface area contributed by atoms with Gasteiger partial charge in [-0.3, -0.25) is 10.1 Å². The van der Waals surface area contributed by atoms with Crippen molar-refractivity contribution in [3.63, 3.8) is 0 Å². The first-order valence-electron chi connectivity index (χ1n) is 14.0. The van der Waals surface area contributed by atoms with E-state index in [4.69, 9.17) is 17.3 Å². The minimum Gasteiger partial charge on any atom is -0.349 e. The van der Waals surface area contributed by atoms with Crippen molar-refractivity contribution in [3.8, 4) is 0 Å². The minimum absolute atomic E-state index is 0.0575. The predicted molar refractivity (Wildman–Crippen MR) is 167 cm³/mol. The second kappa shape index (κ2) is 13.9. The Morgan fingerprint density at radius 1 is 1.07 bits per heavy atom. The number of nitrogens with one attached hydrogen (secondary N) is 3. The zero-order valence-electron chi connectivity index (χ0n) is 23.4. The number of aromatic nitrogens is 4. The van der Waals surface area contributed by atoms with E-state index in [2.05, 4.69) is 78.4 Å². The Balaban J connectivity index is 1.41. The number of rotatable bonds is 9. The zero-order valence-corrected chi connectivity index (χ0v) is 24.2. The summed E-state index contributed by atoms with van der Waals surface area (Å²) in [5, 5.41) is 20.2. The van der Waals surface area contributed by atoms with E-state index in [1.807, 2.05) is 36.4 Å². The average molecular weight is 584 g/mol. The number of anilines is 2. The molecule has 0 bridgehead atoms. The first kappa shape index (κ1) is 29.0. The molecule has 4 aromatic rings. The number of allylic oxidation sites excluding steroid dienone is 2. The van der Waals surface area contributed by atoms with E-state index in [9.17, 15) is 4.79 Å². The summed E-state index contributed by atoms with van der Waals surface area (Å²) in [6.45, 7) is 2.68. The second-order valence-corrected chi connectivity index (χ2v) is 10.5. The first-order valence-corrected chi connectivity index (χ1v) is 14.3. The van der Waals surface area contributed by atoms with Crippen LogP contribution in [0.25, 0.3) is 5.57 Å². The maximum atomic E-state index is 12.6. The highest BCUT2D eigenvalue weighted by atomic mass is 35.5. The van der Waals surface area contributed by atoms with Crippen molar-refractivity contribution in [1.29, 1.82) is 0 Å². The Bertz CT molecular complexity index is 1520. The van der Waals surface area contributed by atoms with E-state index < -0.39 is 0 Å². The van der Waals surface area contributed by atoms with Gasteiger partial charge in [-0.25, -0.2) is 4.99 Å². The SMILES string of the molecule is CC(N/C(=N/CN)N(Cc1ccc(C(=O)Nc2nn[nH]n2)cc1)c1ccc(C2=CCCCC2)cc1)c1ccc(Cl)cc1. The molecule has 1 aliphatic rings. The van der Waals surface area contributed by atoms with Crippen LogP contribution in [0.2, 0.25) is 5.02 Å². The molecule has 5 rings (SSSR count). The van der Waals surface area contributed by atoms with Gasteiger partial charge >= 0.3 is 0 Å². The van der Waals surface area contributed by atoms with E-state index in [0.717, 1.165) is 29.7 Å². The van der Waals surface area contributed by atoms with E-state index in [-0.39, 0.29) is 24.6 Å². The van der Waals surface area contributed by atoms with Crippen molar-refractivity contribution in [2.24, 2.45) is 10.7 Å². The third-order valence-electron chi connectivity index (χ3n) is 7.18. The number of carbonyl (C=O) groups is 1. The number of hydrogen-bond donors (Lipinski definition) is 4. The Labute approximate surface area is 250 Å². The molecule has 1 aliphatic carbocycles. The highest BCUT2D eigenvalue weighted by Gasteiger charge is 2.19. The molecule has 1 aromatic heterocycles. The van der Waals surface area contributed by atoms with Crippen LogP contribution in [-0.4, -0.2) is 39.2 Å². The second-order valence-electron chi connectivity index (χ2n) is 10.1. The van der Waals surface area contributed by atoms with Gasteiger partial charge in [0.15, 0.2) is 0 Å². The monoisotopic (exact) mass is 583 g/mol. The van der Waals surface area contributed by atoms with Crippen LogP contribution in [0.3, 0.4) is 0 Å². The predicted octanol–water partition coefficient (Wildman–Crippen LogP) is 5.69. The van der Waals surface area contributed by atoms with Crippen molar-refractivity contribution in [2.75, 3.05) is 16.9 Å². The van der Waals surface area contributed by atoms with Gasteiger partial charge in [0.2, 0.25) is 5.96 Å². The molecule has 0 radical (unpaired) electrons. The number of aliphatic imine (C=N–C) groups is 1. The van der Waals surface area contributed by atoms with E-state index in [1.165, 1.54) is 24.0 Å². The van der Waals surface area contributed by atoms with E-state index >= 15 is 0 Å². The summed E-state index contributed by atoms with van der Waals surface area (Å²) in [5.41, 5.74) is 12.1. The molecule has 5 N–H and O–H groups in total. The van der Waals surface area contributed by atoms with Crippen molar-refractivity contribution in [2.45, 2.75) is 45.2 Å². The lowest BCUT2D eigenvalue weighted by Crippen LogP contribution is -2.43. The van der Waals surface area contributed by atoms with E-state index in [0.29, 0.717) is 23.1 Å². The van der Waals surface area contributed by atoms with Crippen molar-refractivity contribution in [1.82, 2.24) is 25.9 Å². The van der Waals surface area contributed by atoms with Crippen LogP contribution >= 0.6 is 11.6 Å². The number of H-pyrrole nitrogens is 1. The van der Waals surface area contributed by atoms with Gasteiger partial charge in [0.1, 0.15) is 0 Å². The Hall–Kier alpha value is -4.54. The molecular weight excluding hydrogens is 550 g/mol. The van der Waals surface area contributed by atoms with Crippen molar-refractivity contribution < 1.29 is 4.79 Å². The summed E-state index contributed by atoms with van der Waals surface area (Å²) in [7, 11) is 0. The molecule has 11 heteroatoms. The maximum absolute atomic E-state index is 12.6. The molecule has 0 spiro atoms. The number of hydrogen-bond acceptors (Lipinski definition) is 6. The van der Waals surface area contributed by atoms with Crippen LogP contribution in [0.1, 0.15) is 65.7 Å². The lowest BCUT2D eigenvalue weighted by molar-refractivity contribution is 0.102. The number of carbonyl (C=O) groups excluding carboxylic acids is 1. The number of tetrazole rings is 1. The van der Waals surface area contributed by atoms with Crippen LogP contribution in [0, 0.1) is 0 Å². The van der Waals surface area contributed by atoms with Gasteiger partial charge in [0, 0.05) is 16.3 Å². The highest BCUT2D eigenvalue weighted by Crippen LogP contribution is 2.29. The summed E-state index contributed by atoms with van der Waals surface area (Å²) >= 11 is 6.12. The van der Waals surface area contributed by atoms with Gasteiger partial charge in [-0.15, -0.1) is 5.10 Å². The molecule has 1 heterocycles.